The highest BCUT2D eigenvalue weighted by Crippen LogP contribution is 2.15. The summed E-state index contributed by atoms with van der Waals surface area (Å²) < 4.78 is 0. The van der Waals surface area contributed by atoms with Crippen LogP contribution in [0, 0.1) is 0 Å². The number of carboxylic acids is 1. The first kappa shape index (κ1) is 9.84. The van der Waals surface area contributed by atoms with Gasteiger partial charge in [-0.25, -0.2) is 4.79 Å². The molecule has 0 amide bonds. The van der Waals surface area contributed by atoms with Gasteiger partial charge in [0, 0.05) is 18.8 Å². The molecule has 3 nitrogen and oxygen atoms in total. The van der Waals surface area contributed by atoms with Gasteiger partial charge in [0.2, 0.25) is 0 Å². The van der Waals surface area contributed by atoms with E-state index in [9.17, 15) is 4.79 Å². The maximum atomic E-state index is 10.1. The van der Waals surface area contributed by atoms with E-state index in [0.717, 1.165) is 19.0 Å². The van der Waals surface area contributed by atoms with Gasteiger partial charge in [0.05, 0.1) is 0 Å². The first-order valence-electron chi connectivity index (χ1n) is 4.60. The Kier molecular flexibility index (Phi) is 4.09. The topological polar surface area (TPSA) is 49.3 Å². The molecule has 0 aromatic heterocycles. The van der Waals surface area contributed by atoms with Gasteiger partial charge in [-0.1, -0.05) is 11.6 Å². The van der Waals surface area contributed by atoms with Crippen LogP contribution < -0.4 is 5.32 Å². The molecule has 0 spiro atoms. The van der Waals surface area contributed by atoms with E-state index < -0.39 is 5.97 Å². The van der Waals surface area contributed by atoms with Gasteiger partial charge in [-0.05, 0) is 25.7 Å². The van der Waals surface area contributed by atoms with Crippen LogP contribution >= 0.6 is 0 Å². The second-order valence-corrected chi connectivity index (χ2v) is 3.16. The summed E-state index contributed by atoms with van der Waals surface area (Å²) >= 11 is 0. The summed E-state index contributed by atoms with van der Waals surface area (Å²) in [5.41, 5.74) is 1.39. The summed E-state index contributed by atoms with van der Waals surface area (Å²) in [4.78, 5) is 10.1. The van der Waals surface area contributed by atoms with Crippen LogP contribution in [0.2, 0.25) is 0 Å². The van der Waals surface area contributed by atoms with Crippen molar-refractivity contribution >= 4 is 5.97 Å². The van der Waals surface area contributed by atoms with Crippen LogP contribution in [-0.2, 0) is 4.79 Å². The van der Waals surface area contributed by atoms with Crippen molar-refractivity contribution in [2.24, 2.45) is 0 Å². The van der Waals surface area contributed by atoms with Crippen LogP contribution in [0.15, 0.2) is 23.9 Å². The van der Waals surface area contributed by atoms with E-state index in [1.54, 1.807) is 0 Å². The first-order valence-corrected chi connectivity index (χ1v) is 4.60. The van der Waals surface area contributed by atoms with E-state index in [0.29, 0.717) is 0 Å². The Bertz CT molecular complexity index is 231. The Balaban J connectivity index is 2.18. The van der Waals surface area contributed by atoms with Crippen molar-refractivity contribution in [3.05, 3.63) is 23.9 Å². The molecule has 1 aliphatic carbocycles. The van der Waals surface area contributed by atoms with Crippen molar-refractivity contribution < 1.29 is 9.90 Å². The average Bonchev–Trinajstić information content (AvgIpc) is 2.14. The number of aliphatic carboxylic acids is 1. The zero-order valence-electron chi connectivity index (χ0n) is 7.62. The fourth-order valence-electron chi connectivity index (χ4n) is 1.39. The highest BCUT2D eigenvalue weighted by atomic mass is 16.4. The predicted octanol–water partition coefficient (Wildman–Crippen LogP) is 1.67. The minimum atomic E-state index is -0.912. The summed E-state index contributed by atoms with van der Waals surface area (Å²) in [5, 5.41) is 11.3. The highest BCUT2D eigenvalue weighted by Gasteiger charge is 2.01. The molecule has 2 N–H and O–H groups in total. The maximum Gasteiger partial charge on any atom is 0.329 e. The molecule has 0 aliphatic heterocycles. The van der Waals surface area contributed by atoms with E-state index in [4.69, 9.17) is 5.11 Å². The highest BCUT2D eigenvalue weighted by molar-refractivity contribution is 5.79. The molecular formula is C10H15NO2. The SMILES string of the molecule is O=C(O)/C=C/NCC1=CCCCC1. The third-order valence-corrected chi connectivity index (χ3v) is 2.06. The Hall–Kier alpha value is -1.25. The lowest BCUT2D eigenvalue weighted by atomic mass is 10.00. The van der Waals surface area contributed by atoms with Gasteiger partial charge in [-0.3, -0.25) is 0 Å². The Labute approximate surface area is 78.1 Å². The van der Waals surface area contributed by atoms with E-state index in [2.05, 4.69) is 11.4 Å². The van der Waals surface area contributed by atoms with Crippen molar-refractivity contribution in [1.82, 2.24) is 5.32 Å². The fourth-order valence-corrected chi connectivity index (χ4v) is 1.39. The van der Waals surface area contributed by atoms with Gasteiger partial charge in [0.15, 0.2) is 0 Å². The maximum absolute atomic E-state index is 10.1. The molecule has 13 heavy (non-hydrogen) atoms. The van der Waals surface area contributed by atoms with Crippen molar-refractivity contribution in [3.63, 3.8) is 0 Å². The van der Waals surface area contributed by atoms with E-state index >= 15 is 0 Å². The molecular weight excluding hydrogens is 166 g/mol. The third kappa shape index (κ3) is 4.35. The molecule has 3 heteroatoms. The van der Waals surface area contributed by atoms with Crippen LogP contribution in [0.5, 0.6) is 0 Å². The first-order chi connectivity index (χ1) is 6.29. The number of allylic oxidation sites excluding steroid dienone is 1. The lowest BCUT2D eigenvalue weighted by Crippen LogP contribution is -2.11. The molecule has 0 radical (unpaired) electrons. The van der Waals surface area contributed by atoms with Gasteiger partial charge in [-0.15, -0.1) is 0 Å². The fraction of sp³-hybridized carbons (Fsp3) is 0.500. The summed E-state index contributed by atoms with van der Waals surface area (Å²) in [5.74, 6) is -0.912. The second kappa shape index (κ2) is 5.41. The van der Waals surface area contributed by atoms with Crippen LogP contribution in [-0.4, -0.2) is 17.6 Å². The number of carboxylic acid groups (broad SMARTS) is 1. The molecule has 0 aromatic carbocycles. The predicted molar refractivity (Wildman–Crippen MR) is 51.3 cm³/mol. The van der Waals surface area contributed by atoms with Gasteiger partial charge in [0.25, 0.3) is 0 Å². The Morgan fingerprint density at radius 2 is 2.46 bits per heavy atom. The summed E-state index contributed by atoms with van der Waals surface area (Å²) in [6.07, 6.45) is 9.70. The van der Waals surface area contributed by atoms with Crippen molar-refractivity contribution in [1.29, 1.82) is 0 Å². The van der Waals surface area contributed by atoms with Crippen LogP contribution in [0.25, 0.3) is 0 Å². The molecule has 0 saturated heterocycles. The van der Waals surface area contributed by atoms with Crippen molar-refractivity contribution in [2.45, 2.75) is 25.7 Å². The van der Waals surface area contributed by atoms with Crippen LogP contribution in [0.4, 0.5) is 0 Å². The van der Waals surface area contributed by atoms with Gasteiger partial charge in [0.1, 0.15) is 0 Å². The minimum Gasteiger partial charge on any atom is -0.478 e. The monoisotopic (exact) mass is 181 g/mol. The molecule has 0 saturated carbocycles. The van der Waals surface area contributed by atoms with E-state index in [1.807, 2.05) is 0 Å². The molecule has 0 fully saturated rings. The second-order valence-electron chi connectivity index (χ2n) is 3.16. The molecule has 0 atom stereocenters. The molecule has 0 bridgehead atoms. The minimum absolute atomic E-state index is 0.782. The lowest BCUT2D eigenvalue weighted by Gasteiger charge is -2.11. The Morgan fingerprint density at radius 1 is 1.62 bits per heavy atom. The molecule has 0 aromatic rings. The van der Waals surface area contributed by atoms with Gasteiger partial charge in [-0.2, -0.15) is 0 Å². The zero-order valence-corrected chi connectivity index (χ0v) is 7.62. The van der Waals surface area contributed by atoms with Crippen molar-refractivity contribution in [3.8, 4) is 0 Å². The van der Waals surface area contributed by atoms with E-state index in [-0.39, 0.29) is 0 Å². The largest absolute Gasteiger partial charge is 0.478 e. The van der Waals surface area contributed by atoms with Gasteiger partial charge >= 0.3 is 5.97 Å². The molecule has 0 heterocycles. The molecule has 72 valence electrons. The molecule has 1 rings (SSSR count). The normalized spacial score (nSPS) is 17.1. The molecule has 0 unspecified atom stereocenters. The number of carbonyl (C=O) groups is 1. The third-order valence-electron chi connectivity index (χ3n) is 2.06. The Morgan fingerprint density at radius 3 is 3.08 bits per heavy atom. The van der Waals surface area contributed by atoms with Gasteiger partial charge < -0.3 is 10.4 Å². The number of nitrogens with one attached hydrogen (secondary N) is 1. The lowest BCUT2D eigenvalue weighted by molar-refractivity contribution is -0.131. The summed E-state index contributed by atoms with van der Waals surface area (Å²) in [6, 6.07) is 0. The number of hydrogen-bond donors (Lipinski definition) is 2. The zero-order chi connectivity index (χ0) is 9.52. The smallest absolute Gasteiger partial charge is 0.329 e. The van der Waals surface area contributed by atoms with E-state index in [1.165, 1.54) is 31.0 Å². The summed E-state index contributed by atoms with van der Waals surface area (Å²) in [7, 11) is 0. The number of hydrogen-bond acceptors (Lipinski definition) is 2. The number of rotatable bonds is 4. The molecule has 1 aliphatic rings. The van der Waals surface area contributed by atoms with Crippen LogP contribution in [0.1, 0.15) is 25.7 Å². The quantitative estimate of drug-likeness (QED) is 0.512. The van der Waals surface area contributed by atoms with Crippen LogP contribution in [0.3, 0.4) is 0 Å². The summed E-state index contributed by atoms with van der Waals surface area (Å²) in [6.45, 7) is 0.782. The van der Waals surface area contributed by atoms with Crippen molar-refractivity contribution in [2.75, 3.05) is 6.54 Å². The average molecular weight is 181 g/mol. The standard InChI is InChI=1S/C10H15NO2/c12-10(13)6-7-11-8-9-4-2-1-3-5-9/h4,6-7,11H,1-3,5,8H2,(H,12,13)/b7-6+.